The minimum atomic E-state index is -0.417. The zero-order chi connectivity index (χ0) is 18.0. The van der Waals surface area contributed by atoms with Crippen molar-refractivity contribution >= 4 is 28.8 Å². The van der Waals surface area contributed by atoms with E-state index in [4.69, 9.17) is 16.9 Å². The topological polar surface area (TPSA) is 96.5 Å². The van der Waals surface area contributed by atoms with E-state index < -0.39 is 6.04 Å². The Kier molecular flexibility index (Phi) is 4.79. The first kappa shape index (κ1) is 17.1. The summed E-state index contributed by atoms with van der Waals surface area (Å²) in [6, 6.07) is 6.49. The number of carbonyl (C=O) groups excluding carboxylic acids is 1. The SMILES string of the molecule is Cc1nc([C@H](C)NC(=O)c2csc(Cl)c2)n(-c2cc(C#N)ccn2)n1. The van der Waals surface area contributed by atoms with Gasteiger partial charge in [0.25, 0.3) is 5.91 Å². The highest BCUT2D eigenvalue weighted by atomic mass is 35.5. The molecule has 0 aliphatic rings. The molecule has 0 aromatic carbocycles. The molecule has 126 valence electrons. The molecule has 1 atom stereocenters. The molecule has 1 amide bonds. The quantitative estimate of drug-likeness (QED) is 0.759. The number of nitriles is 1. The number of amides is 1. The Morgan fingerprint density at radius 1 is 1.48 bits per heavy atom. The molecular weight excluding hydrogens is 360 g/mol. The van der Waals surface area contributed by atoms with Crippen molar-refractivity contribution < 1.29 is 4.79 Å². The smallest absolute Gasteiger partial charge is 0.252 e. The van der Waals surface area contributed by atoms with E-state index in [-0.39, 0.29) is 5.91 Å². The van der Waals surface area contributed by atoms with Crippen LogP contribution in [0.1, 0.15) is 40.5 Å². The van der Waals surface area contributed by atoms with Crippen molar-refractivity contribution in [3.05, 3.63) is 56.9 Å². The summed E-state index contributed by atoms with van der Waals surface area (Å²) < 4.78 is 2.08. The van der Waals surface area contributed by atoms with E-state index in [0.29, 0.717) is 32.9 Å². The Morgan fingerprint density at radius 3 is 2.96 bits per heavy atom. The van der Waals surface area contributed by atoms with Crippen LogP contribution < -0.4 is 5.32 Å². The Balaban J connectivity index is 1.89. The van der Waals surface area contributed by atoms with E-state index in [2.05, 4.69) is 26.5 Å². The molecule has 1 N–H and O–H groups in total. The molecule has 0 radical (unpaired) electrons. The van der Waals surface area contributed by atoms with E-state index >= 15 is 0 Å². The Hall–Kier alpha value is -2.76. The summed E-state index contributed by atoms with van der Waals surface area (Å²) in [6.07, 6.45) is 1.53. The van der Waals surface area contributed by atoms with Crippen LogP contribution in [0, 0.1) is 18.3 Å². The molecular formula is C16H13ClN6OS. The second-order valence-corrected chi connectivity index (χ2v) is 6.82. The van der Waals surface area contributed by atoms with Gasteiger partial charge in [-0.15, -0.1) is 16.4 Å². The fraction of sp³-hybridized carbons (Fsp3) is 0.188. The number of rotatable bonds is 4. The molecule has 3 heterocycles. The predicted molar refractivity (Wildman–Crippen MR) is 93.8 cm³/mol. The van der Waals surface area contributed by atoms with Crippen LogP contribution in [0.2, 0.25) is 4.34 Å². The van der Waals surface area contributed by atoms with Crippen molar-refractivity contribution in [3.63, 3.8) is 0 Å². The van der Waals surface area contributed by atoms with Crippen LogP contribution in [-0.4, -0.2) is 25.7 Å². The molecule has 0 aliphatic heterocycles. The molecule has 0 saturated heterocycles. The van der Waals surface area contributed by atoms with Gasteiger partial charge >= 0.3 is 0 Å². The first-order chi connectivity index (χ1) is 12.0. The van der Waals surface area contributed by atoms with Crippen molar-refractivity contribution in [1.82, 2.24) is 25.1 Å². The number of aryl methyl sites for hydroxylation is 1. The maximum absolute atomic E-state index is 12.3. The van der Waals surface area contributed by atoms with Gasteiger partial charge in [-0.05, 0) is 26.0 Å². The molecule has 25 heavy (non-hydrogen) atoms. The second-order valence-electron chi connectivity index (χ2n) is 5.28. The number of carbonyl (C=O) groups is 1. The molecule has 3 rings (SSSR count). The van der Waals surface area contributed by atoms with Crippen LogP contribution >= 0.6 is 22.9 Å². The standard InChI is InChI=1S/C16H13ClN6OS/c1-9(20-16(24)12-6-13(17)25-8-12)15-21-10(2)22-23(15)14-5-11(7-18)3-4-19-14/h3-6,8-9H,1-2H3,(H,20,24)/t9-/m0/s1. The first-order valence-electron chi connectivity index (χ1n) is 7.33. The number of thiophene rings is 1. The van der Waals surface area contributed by atoms with Crippen LogP contribution in [0.25, 0.3) is 5.82 Å². The Morgan fingerprint density at radius 2 is 2.28 bits per heavy atom. The van der Waals surface area contributed by atoms with E-state index in [0.717, 1.165) is 0 Å². The van der Waals surface area contributed by atoms with Gasteiger partial charge in [-0.3, -0.25) is 4.79 Å². The van der Waals surface area contributed by atoms with Crippen LogP contribution in [0.15, 0.2) is 29.8 Å². The summed E-state index contributed by atoms with van der Waals surface area (Å²) in [4.78, 5) is 20.9. The molecule has 0 spiro atoms. The maximum atomic E-state index is 12.3. The lowest BCUT2D eigenvalue weighted by molar-refractivity contribution is 0.0938. The molecule has 9 heteroatoms. The predicted octanol–water partition coefficient (Wildman–Crippen LogP) is 3.05. The Labute approximate surface area is 152 Å². The highest BCUT2D eigenvalue weighted by Gasteiger charge is 2.20. The zero-order valence-electron chi connectivity index (χ0n) is 13.4. The second kappa shape index (κ2) is 7.01. The summed E-state index contributed by atoms with van der Waals surface area (Å²) in [5.74, 6) is 1.28. The van der Waals surface area contributed by atoms with Gasteiger partial charge in [-0.25, -0.2) is 9.97 Å². The van der Waals surface area contributed by atoms with Crippen molar-refractivity contribution in [2.75, 3.05) is 0 Å². The van der Waals surface area contributed by atoms with E-state index in [1.54, 1.807) is 37.4 Å². The maximum Gasteiger partial charge on any atom is 0.252 e. The lowest BCUT2D eigenvalue weighted by Gasteiger charge is -2.13. The van der Waals surface area contributed by atoms with Crippen LogP contribution in [-0.2, 0) is 0 Å². The summed E-state index contributed by atoms with van der Waals surface area (Å²) in [7, 11) is 0. The monoisotopic (exact) mass is 372 g/mol. The summed E-state index contributed by atoms with van der Waals surface area (Å²) in [5, 5.41) is 17.9. The number of hydrogen-bond acceptors (Lipinski definition) is 6. The van der Waals surface area contributed by atoms with Crippen LogP contribution in [0.3, 0.4) is 0 Å². The molecule has 0 aliphatic carbocycles. The Bertz CT molecular complexity index is 973. The molecule has 0 saturated carbocycles. The molecule has 0 fully saturated rings. The van der Waals surface area contributed by atoms with E-state index in [1.807, 2.05) is 0 Å². The van der Waals surface area contributed by atoms with Gasteiger partial charge in [0.2, 0.25) is 0 Å². The number of nitrogens with one attached hydrogen (secondary N) is 1. The van der Waals surface area contributed by atoms with Crippen LogP contribution in [0.4, 0.5) is 0 Å². The van der Waals surface area contributed by atoms with Gasteiger partial charge in [0, 0.05) is 17.6 Å². The van der Waals surface area contributed by atoms with E-state index in [1.165, 1.54) is 22.2 Å². The number of aromatic nitrogens is 4. The third-order valence-corrected chi connectivity index (χ3v) is 4.49. The van der Waals surface area contributed by atoms with Gasteiger partial charge in [-0.1, -0.05) is 11.6 Å². The van der Waals surface area contributed by atoms with Crippen molar-refractivity contribution in [2.45, 2.75) is 19.9 Å². The van der Waals surface area contributed by atoms with Gasteiger partial charge < -0.3 is 5.32 Å². The lowest BCUT2D eigenvalue weighted by atomic mass is 10.2. The van der Waals surface area contributed by atoms with Crippen molar-refractivity contribution in [1.29, 1.82) is 5.26 Å². The normalized spacial score (nSPS) is 11.8. The van der Waals surface area contributed by atoms with Crippen molar-refractivity contribution in [3.8, 4) is 11.9 Å². The molecule has 0 unspecified atom stereocenters. The molecule has 3 aromatic rings. The van der Waals surface area contributed by atoms with E-state index in [9.17, 15) is 4.79 Å². The minimum absolute atomic E-state index is 0.249. The third kappa shape index (κ3) is 3.68. The zero-order valence-corrected chi connectivity index (χ0v) is 15.0. The fourth-order valence-electron chi connectivity index (χ4n) is 2.26. The summed E-state index contributed by atoms with van der Waals surface area (Å²) in [5.41, 5.74) is 0.961. The molecule has 3 aromatic heterocycles. The lowest BCUT2D eigenvalue weighted by Crippen LogP contribution is -2.28. The largest absolute Gasteiger partial charge is 0.342 e. The summed E-state index contributed by atoms with van der Waals surface area (Å²) >= 11 is 7.17. The first-order valence-corrected chi connectivity index (χ1v) is 8.58. The average molecular weight is 373 g/mol. The number of halogens is 1. The number of pyridine rings is 1. The van der Waals surface area contributed by atoms with Crippen molar-refractivity contribution in [2.24, 2.45) is 0 Å². The highest BCUT2D eigenvalue weighted by Crippen LogP contribution is 2.21. The number of hydrogen-bond donors (Lipinski definition) is 1. The fourth-order valence-corrected chi connectivity index (χ4v) is 3.12. The van der Waals surface area contributed by atoms with Gasteiger partial charge in [0.15, 0.2) is 11.6 Å². The minimum Gasteiger partial charge on any atom is -0.342 e. The highest BCUT2D eigenvalue weighted by molar-refractivity contribution is 7.14. The third-order valence-electron chi connectivity index (χ3n) is 3.39. The average Bonchev–Trinajstić information content (AvgIpc) is 3.21. The van der Waals surface area contributed by atoms with Gasteiger partial charge in [0.05, 0.1) is 27.6 Å². The van der Waals surface area contributed by atoms with Gasteiger partial charge in [-0.2, -0.15) is 9.94 Å². The molecule has 0 bridgehead atoms. The van der Waals surface area contributed by atoms with Gasteiger partial charge in [0.1, 0.15) is 5.82 Å². The molecule has 7 nitrogen and oxygen atoms in total. The summed E-state index contributed by atoms with van der Waals surface area (Å²) in [6.45, 7) is 3.56. The van der Waals surface area contributed by atoms with Crippen LogP contribution in [0.5, 0.6) is 0 Å². The number of nitrogens with zero attached hydrogens (tertiary/aromatic N) is 5.